The summed E-state index contributed by atoms with van der Waals surface area (Å²) in [6.45, 7) is 2.48. The SMILES string of the molecule is CCOC(=O)c1cc(N)cnc1NCCS(C)=O. The molecule has 1 heterocycles. The van der Waals surface area contributed by atoms with Crippen LogP contribution in [0, 0.1) is 0 Å². The Morgan fingerprint density at radius 1 is 1.61 bits per heavy atom. The van der Waals surface area contributed by atoms with Crippen LogP contribution in [0.4, 0.5) is 11.5 Å². The molecule has 1 atom stereocenters. The summed E-state index contributed by atoms with van der Waals surface area (Å²) in [5, 5.41) is 2.95. The van der Waals surface area contributed by atoms with Crippen molar-refractivity contribution in [1.82, 2.24) is 4.98 Å². The van der Waals surface area contributed by atoms with Crippen molar-refractivity contribution in [1.29, 1.82) is 0 Å². The Balaban J connectivity index is 2.82. The Hall–Kier alpha value is -1.63. The molecule has 0 fully saturated rings. The van der Waals surface area contributed by atoms with Crippen molar-refractivity contribution < 1.29 is 13.7 Å². The van der Waals surface area contributed by atoms with E-state index in [0.717, 1.165) is 0 Å². The Morgan fingerprint density at radius 3 is 2.94 bits per heavy atom. The van der Waals surface area contributed by atoms with E-state index in [4.69, 9.17) is 10.5 Å². The van der Waals surface area contributed by atoms with Gasteiger partial charge in [0.05, 0.1) is 18.5 Å². The number of pyridine rings is 1. The van der Waals surface area contributed by atoms with Crippen molar-refractivity contribution in [2.45, 2.75) is 6.92 Å². The molecule has 0 aliphatic carbocycles. The number of anilines is 2. The Bertz CT molecular complexity index is 451. The number of carbonyl (C=O) groups is 1. The topological polar surface area (TPSA) is 94.3 Å². The van der Waals surface area contributed by atoms with Crippen LogP contribution < -0.4 is 11.1 Å². The first kappa shape index (κ1) is 14.4. The van der Waals surface area contributed by atoms with Crippen molar-refractivity contribution >= 4 is 28.3 Å². The number of aromatic nitrogens is 1. The number of carbonyl (C=O) groups excluding carboxylic acids is 1. The second-order valence-corrected chi connectivity index (χ2v) is 5.14. The van der Waals surface area contributed by atoms with Gasteiger partial charge in [-0.3, -0.25) is 4.21 Å². The number of nitrogens with zero attached hydrogens (tertiary/aromatic N) is 1. The van der Waals surface area contributed by atoms with Crippen LogP contribution >= 0.6 is 0 Å². The zero-order valence-corrected chi connectivity index (χ0v) is 11.3. The van der Waals surface area contributed by atoms with Crippen LogP contribution in [-0.2, 0) is 15.5 Å². The van der Waals surface area contributed by atoms with Crippen molar-refractivity contribution in [3.63, 3.8) is 0 Å². The molecule has 0 aliphatic rings. The summed E-state index contributed by atoms with van der Waals surface area (Å²) in [7, 11) is -0.895. The van der Waals surface area contributed by atoms with Gasteiger partial charge in [-0.25, -0.2) is 9.78 Å². The smallest absolute Gasteiger partial charge is 0.341 e. The lowest BCUT2D eigenvalue weighted by atomic mass is 10.2. The molecule has 7 heteroatoms. The van der Waals surface area contributed by atoms with E-state index < -0.39 is 16.8 Å². The van der Waals surface area contributed by atoms with E-state index in [1.807, 2.05) is 0 Å². The molecular weight excluding hydrogens is 254 g/mol. The van der Waals surface area contributed by atoms with E-state index >= 15 is 0 Å². The normalized spacial score (nSPS) is 11.9. The van der Waals surface area contributed by atoms with E-state index in [9.17, 15) is 9.00 Å². The standard InChI is InChI=1S/C11H17N3O3S/c1-3-17-11(15)9-6-8(12)7-14-10(9)13-4-5-18(2)16/h6-7H,3-5,12H2,1-2H3,(H,13,14). The zero-order chi connectivity index (χ0) is 13.5. The zero-order valence-electron chi connectivity index (χ0n) is 10.4. The molecule has 0 aliphatic heterocycles. The number of ether oxygens (including phenoxy) is 1. The van der Waals surface area contributed by atoms with Gasteiger partial charge in [0, 0.05) is 29.4 Å². The molecule has 1 aromatic heterocycles. The molecule has 0 bridgehead atoms. The highest BCUT2D eigenvalue weighted by molar-refractivity contribution is 7.84. The van der Waals surface area contributed by atoms with Gasteiger partial charge >= 0.3 is 5.97 Å². The molecule has 0 radical (unpaired) electrons. The molecule has 0 spiro atoms. The first-order valence-corrected chi connectivity index (χ1v) is 7.23. The quantitative estimate of drug-likeness (QED) is 0.737. The molecule has 18 heavy (non-hydrogen) atoms. The monoisotopic (exact) mass is 271 g/mol. The van der Waals surface area contributed by atoms with Crippen molar-refractivity contribution in [3.05, 3.63) is 17.8 Å². The number of esters is 1. The molecule has 1 aromatic rings. The largest absolute Gasteiger partial charge is 0.462 e. The Morgan fingerprint density at radius 2 is 2.33 bits per heavy atom. The van der Waals surface area contributed by atoms with Gasteiger partial charge in [-0.1, -0.05) is 0 Å². The Kier molecular flexibility index (Phi) is 5.57. The number of hydrogen-bond acceptors (Lipinski definition) is 6. The third-order valence-corrected chi connectivity index (χ3v) is 2.87. The van der Waals surface area contributed by atoms with Crippen LogP contribution in [0.3, 0.4) is 0 Å². The summed E-state index contributed by atoms with van der Waals surface area (Å²) in [4.78, 5) is 15.7. The van der Waals surface area contributed by atoms with E-state index in [-0.39, 0.29) is 6.61 Å². The van der Waals surface area contributed by atoms with Crippen LogP contribution in [0.5, 0.6) is 0 Å². The highest BCUT2D eigenvalue weighted by atomic mass is 32.2. The number of nitrogens with two attached hydrogens (primary N) is 1. The summed E-state index contributed by atoms with van der Waals surface area (Å²) in [5.41, 5.74) is 6.27. The van der Waals surface area contributed by atoms with E-state index in [0.29, 0.717) is 29.4 Å². The molecule has 1 unspecified atom stereocenters. The maximum atomic E-state index is 11.7. The predicted molar refractivity (Wildman–Crippen MR) is 72.0 cm³/mol. The summed E-state index contributed by atoms with van der Waals surface area (Å²) in [6.07, 6.45) is 3.07. The third-order valence-electron chi connectivity index (χ3n) is 2.09. The van der Waals surface area contributed by atoms with Gasteiger partial charge in [0.1, 0.15) is 11.4 Å². The summed E-state index contributed by atoms with van der Waals surface area (Å²) in [6, 6.07) is 1.51. The molecule has 0 aromatic carbocycles. The van der Waals surface area contributed by atoms with Crippen molar-refractivity contribution in [2.24, 2.45) is 0 Å². The number of rotatable bonds is 6. The van der Waals surface area contributed by atoms with E-state index in [2.05, 4.69) is 10.3 Å². The van der Waals surface area contributed by atoms with E-state index in [1.54, 1.807) is 13.2 Å². The Labute approximate surface area is 108 Å². The van der Waals surface area contributed by atoms with Gasteiger partial charge in [-0.05, 0) is 13.0 Å². The van der Waals surface area contributed by atoms with Gasteiger partial charge in [0.25, 0.3) is 0 Å². The van der Waals surface area contributed by atoms with Crippen molar-refractivity contribution in [2.75, 3.05) is 36.2 Å². The number of hydrogen-bond donors (Lipinski definition) is 2. The van der Waals surface area contributed by atoms with Gasteiger partial charge in [0.2, 0.25) is 0 Å². The lowest BCUT2D eigenvalue weighted by Crippen LogP contribution is -2.15. The fraction of sp³-hybridized carbons (Fsp3) is 0.455. The lowest BCUT2D eigenvalue weighted by molar-refractivity contribution is 0.0527. The highest BCUT2D eigenvalue weighted by Crippen LogP contribution is 2.16. The van der Waals surface area contributed by atoms with Crippen LogP contribution in [0.15, 0.2) is 12.3 Å². The molecule has 6 nitrogen and oxygen atoms in total. The minimum absolute atomic E-state index is 0.284. The molecule has 100 valence electrons. The van der Waals surface area contributed by atoms with Gasteiger partial charge in [-0.15, -0.1) is 0 Å². The lowest BCUT2D eigenvalue weighted by Gasteiger charge is -2.10. The fourth-order valence-corrected chi connectivity index (χ4v) is 1.69. The van der Waals surface area contributed by atoms with Gasteiger partial charge in [0.15, 0.2) is 0 Å². The minimum atomic E-state index is -0.895. The highest BCUT2D eigenvalue weighted by Gasteiger charge is 2.14. The molecule has 0 saturated heterocycles. The summed E-state index contributed by atoms with van der Waals surface area (Å²) >= 11 is 0. The molecular formula is C11H17N3O3S. The second kappa shape index (κ2) is 6.95. The van der Waals surface area contributed by atoms with Crippen LogP contribution in [0.2, 0.25) is 0 Å². The molecule has 3 N–H and O–H groups in total. The van der Waals surface area contributed by atoms with Crippen LogP contribution in [0.1, 0.15) is 17.3 Å². The van der Waals surface area contributed by atoms with Crippen molar-refractivity contribution in [3.8, 4) is 0 Å². The first-order valence-electron chi connectivity index (χ1n) is 5.51. The second-order valence-electron chi connectivity index (χ2n) is 3.59. The molecule has 0 amide bonds. The fourth-order valence-electron chi connectivity index (χ4n) is 1.30. The maximum absolute atomic E-state index is 11.7. The van der Waals surface area contributed by atoms with Gasteiger partial charge < -0.3 is 15.8 Å². The molecule has 1 rings (SSSR count). The number of nitrogen functional groups attached to an aromatic ring is 1. The average molecular weight is 271 g/mol. The molecule has 0 saturated carbocycles. The third kappa shape index (κ3) is 4.33. The summed E-state index contributed by atoms with van der Waals surface area (Å²) < 4.78 is 15.9. The van der Waals surface area contributed by atoms with Gasteiger partial charge in [-0.2, -0.15) is 0 Å². The average Bonchev–Trinajstić information content (AvgIpc) is 2.31. The maximum Gasteiger partial charge on any atom is 0.341 e. The first-order chi connectivity index (χ1) is 8.54. The van der Waals surface area contributed by atoms with Crippen LogP contribution in [0.25, 0.3) is 0 Å². The van der Waals surface area contributed by atoms with E-state index in [1.165, 1.54) is 12.3 Å². The summed E-state index contributed by atoms with van der Waals surface area (Å²) in [5.74, 6) is 0.402. The predicted octanol–water partition coefficient (Wildman–Crippen LogP) is 0.631. The number of nitrogens with one attached hydrogen (secondary N) is 1. The minimum Gasteiger partial charge on any atom is -0.462 e. The van der Waals surface area contributed by atoms with Crippen LogP contribution in [-0.4, -0.2) is 40.3 Å².